The first-order chi connectivity index (χ1) is 10.7. The lowest BCUT2D eigenvalue weighted by Crippen LogP contribution is -2.50. The van der Waals surface area contributed by atoms with Gasteiger partial charge in [-0.2, -0.15) is 0 Å². The zero-order valence-corrected chi connectivity index (χ0v) is 13.8. The highest BCUT2D eigenvalue weighted by Gasteiger charge is 2.44. The maximum atomic E-state index is 11.4. The highest BCUT2D eigenvalue weighted by Crippen LogP contribution is 2.36. The van der Waals surface area contributed by atoms with Gasteiger partial charge in [0.2, 0.25) is 0 Å². The molecule has 0 bridgehead atoms. The molecule has 1 aromatic carbocycles. The zero-order valence-electron chi connectivity index (χ0n) is 13.8. The van der Waals surface area contributed by atoms with E-state index >= 15 is 0 Å². The fourth-order valence-corrected chi connectivity index (χ4v) is 2.63. The first-order valence-corrected chi connectivity index (χ1v) is 7.52. The number of carbonyl (C=O) groups is 2. The molecule has 6 heteroatoms. The van der Waals surface area contributed by atoms with E-state index in [1.54, 1.807) is 26.0 Å². The molecule has 2 rings (SSSR count). The van der Waals surface area contributed by atoms with Crippen molar-refractivity contribution in [2.75, 3.05) is 6.61 Å². The summed E-state index contributed by atoms with van der Waals surface area (Å²) in [4.78, 5) is 22.5. The van der Waals surface area contributed by atoms with E-state index in [1.165, 1.54) is 13.8 Å². The van der Waals surface area contributed by atoms with Crippen LogP contribution in [0.1, 0.15) is 44.9 Å². The minimum atomic E-state index is -1.08. The Bertz CT molecular complexity index is 609. The molecule has 0 aromatic heterocycles. The molecule has 23 heavy (non-hydrogen) atoms. The van der Waals surface area contributed by atoms with E-state index < -0.39 is 29.7 Å². The molecule has 0 spiro atoms. The average Bonchev–Trinajstić information content (AvgIpc) is 2.88. The minimum absolute atomic E-state index is 0.0795. The Morgan fingerprint density at radius 1 is 1.39 bits per heavy atom. The second-order valence-corrected chi connectivity index (χ2v) is 6.04. The van der Waals surface area contributed by atoms with Crippen molar-refractivity contribution in [2.24, 2.45) is 0 Å². The predicted molar refractivity (Wildman–Crippen MR) is 82.0 cm³/mol. The van der Waals surface area contributed by atoms with E-state index in [9.17, 15) is 14.7 Å². The molecule has 3 atom stereocenters. The van der Waals surface area contributed by atoms with Crippen molar-refractivity contribution >= 4 is 11.9 Å². The van der Waals surface area contributed by atoms with Crippen LogP contribution in [0.5, 0.6) is 5.75 Å². The van der Waals surface area contributed by atoms with Gasteiger partial charge in [-0.05, 0) is 37.1 Å². The summed E-state index contributed by atoms with van der Waals surface area (Å²) in [6, 6.07) is 5.46. The summed E-state index contributed by atoms with van der Waals surface area (Å²) >= 11 is 0. The number of benzene rings is 1. The standard InChI is InChI=1S/C17H22O6/c1-10(18)13-5-6-15-14(7-13)8-16(22-15)17(4,23-12(3)20)9-21-11(2)19/h5-7,10,16,18H,8-9H2,1-4H3/t10?,16-,17+/m1/s1. The van der Waals surface area contributed by atoms with Gasteiger partial charge in [-0.1, -0.05) is 6.07 Å². The van der Waals surface area contributed by atoms with Crippen LogP contribution in [0.4, 0.5) is 0 Å². The molecule has 1 N–H and O–H groups in total. The molecule has 1 aliphatic heterocycles. The Morgan fingerprint density at radius 3 is 2.65 bits per heavy atom. The van der Waals surface area contributed by atoms with Crippen molar-refractivity contribution in [1.82, 2.24) is 0 Å². The molecular weight excluding hydrogens is 300 g/mol. The Hall–Kier alpha value is -2.08. The van der Waals surface area contributed by atoms with Crippen molar-refractivity contribution in [2.45, 2.75) is 51.9 Å². The van der Waals surface area contributed by atoms with Crippen molar-refractivity contribution < 1.29 is 28.9 Å². The third-order valence-electron chi connectivity index (χ3n) is 3.86. The molecule has 1 aromatic rings. The van der Waals surface area contributed by atoms with Crippen LogP contribution in [0, 0.1) is 0 Å². The van der Waals surface area contributed by atoms with E-state index in [2.05, 4.69) is 0 Å². The summed E-state index contributed by atoms with van der Waals surface area (Å²) in [7, 11) is 0. The number of fused-ring (bicyclic) bond motifs is 1. The largest absolute Gasteiger partial charge is 0.485 e. The van der Waals surface area contributed by atoms with Crippen molar-refractivity contribution in [3.63, 3.8) is 0 Å². The number of hydrogen-bond acceptors (Lipinski definition) is 6. The van der Waals surface area contributed by atoms with E-state index in [0.29, 0.717) is 12.2 Å². The van der Waals surface area contributed by atoms with Crippen molar-refractivity contribution in [3.05, 3.63) is 29.3 Å². The van der Waals surface area contributed by atoms with Gasteiger partial charge in [0, 0.05) is 20.3 Å². The first kappa shape index (κ1) is 17.3. The van der Waals surface area contributed by atoms with Gasteiger partial charge in [0.1, 0.15) is 18.5 Å². The van der Waals surface area contributed by atoms with Crippen LogP contribution in [-0.4, -0.2) is 35.4 Å². The normalized spacial score (nSPS) is 20.0. The van der Waals surface area contributed by atoms with Crippen LogP contribution >= 0.6 is 0 Å². The molecule has 0 saturated carbocycles. The number of aliphatic hydroxyl groups excluding tert-OH is 1. The smallest absolute Gasteiger partial charge is 0.303 e. The molecular formula is C17H22O6. The first-order valence-electron chi connectivity index (χ1n) is 7.52. The number of ether oxygens (including phenoxy) is 3. The van der Waals surface area contributed by atoms with Crippen LogP contribution in [-0.2, 0) is 25.5 Å². The highest BCUT2D eigenvalue weighted by atomic mass is 16.6. The molecule has 126 valence electrons. The van der Waals surface area contributed by atoms with Gasteiger partial charge in [0.15, 0.2) is 5.60 Å². The number of rotatable bonds is 5. The molecule has 0 amide bonds. The van der Waals surface area contributed by atoms with Crippen molar-refractivity contribution in [1.29, 1.82) is 0 Å². The van der Waals surface area contributed by atoms with Gasteiger partial charge in [0.05, 0.1) is 6.10 Å². The fraction of sp³-hybridized carbons (Fsp3) is 0.529. The maximum absolute atomic E-state index is 11.4. The van der Waals surface area contributed by atoms with Crippen LogP contribution in [0.15, 0.2) is 18.2 Å². The van der Waals surface area contributed by atoms with Gasteiger partial charge >= 0.3 is 11.9 Å². The lowest BCUT2D eigenvalue weighted by atomic mass is 9.94. The second kappa shape index (κ2) is 6.58. The SMILES string of the molecule is CC(=O)OC[C@](C)(OC(C)=O)[C@H]1Cc2cc(C(C)O)ccc2O1. The molecule has 0 aliphatic carbocycles. The molecule has 0 saturated heterocycles. The van der Waals surface area contributed by atoms with Gasteiger partial charge < -0.3 is 19.3 Å². The lowest BCUT2D eigenvalue weighted by molar-refractivity contribution is -0.179. The molecule has 1 unspecified atom stereocenters. The topological polar surface area (TPSA) is 82.1 Å². The second-order valence-electron chi connectivity index (χ2n) is 6.04. The number of hydrogen-bond donors (Lipinski definition) is 1. The predicted octanol–water partition coefficient (Wildman–Crippen LogP) is 1.93. The molecule has 0 fully saturated rings. The van der Waals surface area contributed by atoms with Crippen LogP contribution in [0.2, 0.25) is 0 Å². The van der Waals surface area contributed by atoms with E-state index in [-0.39, 0.29) is 6.61 Å². The Balaban J connectivity index is 2.21. The molecule has 1 heterocycles. The monoisotopic (exact) mass is 322 g/mol. The Labute approximate surface area is 135 Å². The molecule has 6 nitrogen and oxygen atoms in total. The Morgan fingerprint density at radius 2 is 2.09 bits per heavy atom. The van der Waals surface area contributed by atoms with Crippen LogP contribution in [0.3, 0.4) is 0 Å². The molecule has 0 radical (unpaired) electrons. The number of carbonyl (C=O) groups excluding carboxylic acids is 2. The van der Waals surface area contributed by atoms with Gasteiger partial charge in [0.25, 0.3) is 0 Å². The minimum Gasteiger partial charge on any atom is -0.485 e. The van der Waals surface area contributed by atoms with Crippen LogP contribution < -0.4 is 4.74 Å². The lowest BCUT2D eigenvalue weighted by Gasteiger charge is -2.33. The fourth-order valence-electron chi connectivity index (χ4n) is 2.63. The van der Waals surface area contributed by atoms with Crippen LogP contribution in [0.25, 0.3) is 0 Å². The van der Waals surface area contributed by atoms with Gasteiger partial charge in [-0.3, -0.25) is 9.59 Å². The van der Waals surface area contributed by atoms with Gasteiger partial charge in [-0.15, -0.1) is 0 Å². The van der Waals surface area contributed by atoms with E-state index in [4.69, 9.17) is 14.2 Å². The number of aliphatic hydroxyl groups is 1. The van der Waals surface area contributed by atoms with Crippen molar-refractivity contribution in [3.8, 4) is 5.75 Å². The van der Waals surface area contributed by atoms with E-state index in [0.717, 1.165) is 11.1 Å². The summed E-state index contributed by atoms with van der Waals surface area (Å²) < 4.78 is 16.3. The van der Waals surface area contributed by atoms with E-state index in [1.807, 2.05) is 6.07 Å². The highest BCUT2D eigenvalue weighted by molar-refractivity contribution is 5.67. The summed E-state index contributed by atoms with van der Waals surface area (Å²) in [6.07, 6.45) is -0.536. The summed E-state index contributed by atoms with van der Waals surface area (Å²) in [5.74, 6) is -0.236. The third kappa shape index (κ3) is 4.01. The van der Waals surface area contributed by atoms with Gasteiger partial charge in [-0.25, -0.2) is 0 Å². The zero-order chi connectivity index (χ0) is 17.2. The quantitative estimate of drug-likeness (QED) is 0.834. The Kier molecular flexibility index (Phi) is 4.94. The maximum Gasteiger partial charge on any atom is 0.303 e. The summed E-state index contributed by atoms with van der Waals surface area (Å²) in [6.45, 7) is 5.90. The summed E-state index contributed by atoms with van der Waals surface area (Å²) in [5.41, 5.74) is 0.637. The third-order valence-corrected chi connectivity index (χ3v) is 3.86. The summed E-state index contributed by atoms with van der Waals surface area (Å²) in [5, 5.41) is 9.68. The number of esters is 2. The molecule has 1 aliphatic rings. The average molecular weight is 322 g/mol.